The van der Waals surface area contributed by atoms with Gasteiger partial charge in [0.2, 0.25) is 0 Å². The van der Waals surface area contributed by atoms with Crippen LogP contribution in [0, 0.1) is 0 Å². The topological polar surface area (TPSA) is 98.0 Å². The minimum atomic E-state index is -0.516. The standard InChI is InChI=1S/C8H11N3O3/c12-4-1-6(9-2-4)5-3-10-8(14)11-7(5)13/h3-4,6,9,12H,1-2H2,(H2,10,11,13,14)/t4-,6+/m1/s1. The Kier molecular flexibility index (Phi) is 2.22. The lowest BCUT2D eigenvalue weighted by Gasteiger charge is -2.07. The summed E-state index contributed by atoms with van der Waals surface area (Å²) < 4.78 is 0. The molecule has 0 saturated carbocycles. The van der Waals surface area contributed by atoms with E-state index in [1.165, 1.54) is 6.20 Å². The minimum Gasteiger partial charge on any atom is -0.392 e. The van der Waals surface area contributed by atoms with Crippen molar-refractivity contribution < 1.29 is 5.11 Å². The third-order valence-corrected chi connectivity index (χ3v) is 2.33. The van der Waals surface area contributed by atoms with Crippen molar-refractivity contribution in [2.24, 2.45) is 0 Å². The van der Waals surface area contributed by atoms with Gasteiger partial charge in [0.15, 0.2) is 0 Å². The fourth-order valence-electron chi connectivity index (χ4n) is 1.63. The number of nitrogens with one attached hydrogen (secondary N) is 3. The van der Waals surface area contributed by atoms with Crippen molar-refractivity contribution in [1.29, 1.82) is 0 Å². The van der Waals surface area contributed by atoms with E-state index in [-0.39, 0.29) is 6.04 Å². The molecule has 1 aliphatic rings. The first-order valence-corrected chi connectivity index (χ1v) is 4.40. The summed E-state index contributed by atoms with van der Waals surface area (Å²) in [6.07, 6.45) is 1.46. The molecule has 76 valence electrons. The Morgan fingerprint density at radius 2 is 2.21 bits per heavy atom. The second kappa shape index (κ2) is 3.39. The van der Waals surface area contributed by atoms with Gasteiger partial charge >= 0.3 is 5.69 Å². The maximum atomic E-state index is 11.3. The van der Waals surface area contributed by atoms with Crippen molar-refractivity contribution in [1.82, 2.24) is 15.3 Å². The summed E-state index contributed by atoms with van der Waals surface area (Å²) in [6, 6.07) is -0.175. The zero-order valence-corrected chi connectivity index (χ0v) is 7.41. The fourth-order valence-corrected chi connectivity index (χ4v) is 1.63. The van der Waals surface area contributed by atoms with Gasteiger partial charge in [-0.05, 0) is 6.42 Å². The van der Waals surface area contributed by atoms with Crippen LogP contribution in [-0.2, 0) is 0 Å². The molecule has 0 unspecified atom stereocenters. The van der Waals surface area contributed by atoms with Gasteiger partial charge in [-0.2, -0.15) is 0 Å². The van der Waals surface area contributed by atoms with Gasteiger partial charge in [-0.3, -0.25) is 9.78 Å². The molecule has 6 nitrogen and oxygen atoms in total. The van der Waals surface area contributed by atoms with Gasteiger partial charge in [0.1, 0.15) is 0 Å². The maximum absolute atomic E-state index is 11.3. The average Bonchev–Trinajstić information content (AvgIpc) is 2.51. The van der Waals surface area contributed by atoms with Gasteiger partial charge in [0.25, 0.3) is 5.56 Å². The molecule has 0 radical (unpaired) electrons. The van der Waals surface area contributed by atoms with Crippen molar-refractivity contribution in [2.75, 3.05) is 6.54 Å². The van der Waals surface area contributed by atoms with E-state index in [4.69, 9.17) is 0 Å². The van der Waals surface area contributed by atoms with E-state index in [9.17, 15) is 14.7 Å². The Morgan fingerprint density at radius 3 is 2.79 bits per heavy atom. The first kappa shape index (κ1) is 9.17. The van der Waals surface area contributed by atoms with E-state index in [0.717, 1.165) is 0 Å². The zero-order valence-electron chi connectivity index (χ0n) is 7.41. The second-order valence-electron chi connectivity index (χ2n) is 3.38. The van der Waals surface area contributed by atoms with E-state index in [0.29, 0.717) is 18.5 Å². The third kappa shape index (κ3) is 1.61. The Hall–Kier alpha value is -1.40. The van der Waals surface area contributed by atoms with E-state index in [2.05, 4.69) is 15.3 Å². The van der Waals surface area contributed by atoms with Crippen LogP contribution in [0.15, 0.2) is 15.8 Å². The first-order chi connectivity index (χ1) is 6.66. The minimum absolute atomic E-state index is 0.175. The fraction of sp³-hybridized carbons (Fsp3) is 0.500. The molecule has 0 amide bonds. The van der Waals surface area contributed by atoms with Crippen LogP contribution >= 0.6 is 0 Å². The summed E-state index contributed by atoms with van der Waals surface area (Å²) in [4.78, 5) is 26.6. The highest BCUT2D eigenvalue weighted by molar-refractivity contribution is 5.12. The SMILES string of the molecule is O=c1[nH]cc([C@@H]2C[C@@H](O)CN2)c(=O)[nH]1. The normalized spacial score (nSPS) is 26.6. The lowest BCUT2D eigenvalue weighted by atomic mass is 10.1. The van der Waals surface area contributed by atoms with Crippen molar-refractivity contribution in [3.63, 3.8) is 0 Å². The summed E-state index contributed by atoms with van der Waals surface area (Å²) in [6.45, 7) is 0.475. The van der Waals surface area contributed by atoms with E-state index < -0.39 is 17.4 Å². The lowest BCUT2D eigenvalue weighted by Crippen LogP contribution is -2.28. The van der Waals surface area contributed by atoms with Crippen molar-refractivity contribution in [3.05, 3.63) is 32.6 Å². The molecular formula is C8H11N3O3. The maximum Gasteiger partial charge on any atom is 0.325 e. The van der Waals surface area contributed by atoms with Crippen LogP contribution in [0.2, 0.25) is 0 Å². The molecule has 0 aliphatic carbocycles. The quantitative estimate of drug-likeness (QED) is 0.438. The van der Waals surface area contributed by atoms with Gasteiger partial charge in [0, 0.05) is 18.8 Å². The third-order valence-electron chi connectivity index (χ3n) is 2.33. The van der Waals surface area contributed by atoms with Crippen LogP contribution in [0.25, 0.3) is 0 Å². The predicted molar refractivity (Wildman–Crippen MR) is 49.1 cm³/mol. The van der Waals surface area contributed by atoms with Crippen LogP contribution in [0.5, 0.6) is 0 Å². The first-order valence-electron chi connectivity index (χ1n) is 4.40. The number of aromatic amines is 2. The Labute approximate surface area is 79.0 Å². The highest BCUT2D eigenvalue weighted by Crippen LogP contribution is 2.19. The summed E-state index contributed by atoms with van der Waals surface area (Å²) in [7, 11) is 0. The highest BCUT2D eigenvalue weighted by Gasteiger charge is 2.25. The van der Waals surface area contributed by atoms with Gasteiger partial charge in [0.05, 0.1) is 11.7 Å². The number of aliphatic hydroxyl groups excluding tert-OH is 1. The number of hydrogen-bond donors (Lipinski definition) is 4. The lowest BCUT2D eigenvalue weighted by molar-refractivity contribution is 0.193. The molecule has 6 heteroatoms. The van der Waals surface area contributed by atoms with Gasteiger partial charge in [-0.25, -0.2) is 4.79 Å². The number of aliphatic hydroxyl groups is 1. The molecular weight excluding hydrogens is 186 g/mol. The van der Waals surface area contributed by atoms with E-state index in [1.54, 1.807) is 0 Å². The van der Waals surface area contributed by atoms with Crippen molar-refractivity contribution in [3.8, 4) is 0 Å². The molecule has 4 N–H and O–H groups in total. The van der Waals surface area contributed by atoms with E-state index >= 15 is 0 Å². The molecule has 2 heterocycles. The molecule has 1 saturated heterocycles. The monoisotopic (exact) mass is 197 g/mol. The van der Waals surface area contributed by atoms with Gasteiger partial charge in [-0.1, -0.05) is 0 Å². The van der Waals surface area contributed by atoms with Crippen molar-refractivity contribution in [2.45, 2.75) is 18.6 Å². The molecule has 1 fully saturated rings. The summed E-state index contributed by atoms with van der Waals surface area (Å²) >= 11 is 0. The molecule has 14 heavy (non-hydrogen) atoms. The number of H-pyrrole nitrogens is 2. The van der Waals surface area contributed by atoms with Crippen LogP contribution in [0.3, 0.4) is 0 Å². The number of aromatic nitrogens is 2. The van der Waals surface area contributed by atoms with E-state index in [1.807, 2.05) is 0 Å². The molecule has 1 aliphatic heterocycles. The summed E-state index contributed by atoms with van der Waals surface area (Å²) in [5.41, 5.74) is -0.459. The average molecular weight is 197 g/mol. The Bertz CT molecular complexity index is 436. The van der Waals surface area contributed by atoms with Crippen LogP contribution < -0.4 is 16.6 Å². The Balaban J connectivity index is 2.33. The molecule has 2 atom stereocenters. The van der Waals surface area contributed by atoms with Crippen LogP contribution in [0.4, 0.5) is 0 Å². The van der Waals surface area contributed by atoms with Gasteiger partial charge in [-0.15, -0.1) is 0 Å². The molecule has 1 aromatic rings. The molecule has 0 spiro atoms. The summed E-state index contributed by atoms with van der Waals surface area (Å²) in [5.74, 6) is 0. The van der Waals surface area contributed by atoms with Crippen molar-refractivity contribution >= 4 is 0 Å². The summed E-state index contributed by atoms with van der Waals surface area (Å²) in [5, 5.41) is 12.3. The molecule has 0 bridgehead atoms. The predicted octanol–water partition coefficient (Wildman–Crippen LogP) is -1.54. The molecule has 0 aromatic carbocycles. The number of β-amino-alcohol motifs (C(OH)–C–C–N with tert-alkyl or cyclic N) is 1. The number of hydrogen-bond acceptors (Lipinski definition) is 4. The molecule has 2 rings (SSSR count). The Morgan fingerprint density at radius 1 is 1.43 bits per heavy atom. The van der Waals surface area contributed by atoms with Gasteiger partial charge < -0.3 is 15.4 Å². The smallest absolute Gasteiger partial charge is 0.325 e. The van der Waals surface area contributed by atoms with Crippen LogP contribution in [0.1, 0.15) is 18.0 Å². The largest absolute Gasteiger partial charge is 0.392 e. The zero-order chi connectivity index (χ0) is 10.1. The number of rotatable bonds is 1. The second-order valence-corrected chi connectivity index (χ2v) is 3.38. The van der Waals surface area contributed by atoms with Crippen LogP contribution in [-0.4, -0.2) is 27.7 Å². The molecule has 1 aromatic heterocycles. The highest BCUT2D eigenvalue weighted by atomic mass is 16.3.